The first-order chi connectivity index (χ1) is 10.6. The summed E-state index contributed by atoms with van der Waals surface area (Å²) in [5.41, 5.74) is 5.51. The number of amides is 1. The maximum absolute atomic E-state index is 11.8. The van der Waals surface area contributed by atoms with Gasteiger partial charge in [-0.05, 0) is 42.3 Å². The van der Waals surface area contributed by atoms with E-state index < -0.39 is 0 Å². The van der Waals surface area contributed by atoms with Crippen molar-refractivity contribution >= 4 is 23.2 Å². The third-order valence-corrected chi connectivity index (χ3v) is 3.31. The molecule has 0 atom stereocenters. The van der Waals surface area contributed by atoms with Crippen LogP contribution < -0.4 is 5.43 Å². The van der Waals surface area contributed by atoms with Crippen LogP contribution >= 0.6 is 11.6 Å². The van der Waals surface area contributed by atoms with E-state index in [4.69, 9.17) is 16.9 Å². The number of carbonyl (C=O) groups excluding carboxylic acids is 1. The fourth-order valence-corrected chi connectivity index (χ4v) is 1.95. The van der Waals surface area contributed by atoms with Crippen molar-refractivity contribution in [3.05, 3.63) is 70.2 Å². The Morgan fingerprint density at radius 3 is 2.41 bits per heavy atom. The Bertz CT molecular complexity index is 728. The highest BCUT2D eigenvalue weighted by molar-refractivity contribution is 6.30. The fourth-order valence-electron chi connectivity index (χ4n) is 1.82. The Labute approximate surface area is 134 Å². The number of hydrogen-bond donors (Lipinski definition) is 1. The number of rotatable bonds is 4. The lowest BCUT2D eigenvalue weighted by molar-refractivity contribution is -0.120. The van der Waals surface area contributed by atoms with Gasteiger partial charge in [-0.2, -0.15) is 10.4 Å². The zero-order valence-electron chi connectivity index (χ0n) is 12.0. The maximum atomic E-state index is 11.8. The molecule has 0 radical (unpaired) electrons. The Morgan fingerprint density at radius 1 is 1.18 bits per heavy atom. The first-order valence-corrected chi connectivity index (χ1v) is 7.04. The summed E-state index contributed by atoms with van der Waals surface area (Å²) in [6, 6.07) is 16.2. The number of nitrogens with one attached hydrogen (secondary N) is 1. The maximum Gasteiger partial charge on any atom is 0.244 e. The molecule has 2 aromatic carbocycles. The summed E-state index contributed by atoms with van der Waals surface area (Å²) in [7, 11) is 0. The van der Waals surface area contributed by atoms with Crippen molar-refractivity contribution in [1.29, 1.82) is 5.26 Å². The number of nitrogens with zero attached hydrogens (tertiary/aromatic N) is 2. The zero-order chi connectivity index (χ0) is 15.9. The average molecular weight is 312 g/mol. The van der Waals surface area contributed by atoms with Crippen LogP contribution in [0, 0.1) is 11.3 Å². The largest absolute Gasteiger partial charge is 0.273 e. The van der Waals surface area contributed by atoms with E-state index in [0.29, 0.717) is 16.3 Å². The molecule has 0 aliphatic rings. The molecule has 0 aromatic heterocycles. The van der Waals surface area contributed by atoms with E-state index in [-0.39, 0.29) is 12.3 Å². The second-order valence-corrected chi connectivity index (χ2v) is 5.16. The molecule has 2 rings (SSSR count). The van der Waals surface area contributed by atoms with E-state index in [1.54, 1.807) is 55.5 Å². The molecule has 2 aromatic rings. The minimum absolute atomic E-state index is 0.199. The molecule has 0 unspecified atom stereocenters. The summed E-state index contributed by atoms with van der Waals surface area (Å²) in [6.45, 7) is 1.80. The molecule has 4 nitrogen and oxygen atoms in total. The summed E-state index contributed by atoms with van der Waals surface area (Å²) in [4.78, 5) is 11.8. The van der Waals surface area contributed by atoms with E-state index in [1.807, 2.05) is 0 Å². The number of carbonyl (C=O) groups is 1. The third-order valence-electron chi connectivity index (χ3n) is 3.06. The smallest absolute Gasteiger partial charge is 0.244 e. The summed E-state index contributed by atoms with van der Waals surface area (Å²) in [6.07, 6.45) is 0.237. The molecular formula is C17H14ClN3O. The SMILES string of the molecule is C/C(=N\NC(=O)Cc1ccc(Cl)cc1)c1ccc(C#N)cc1. The molecule has 0 heterocycles. The molecule has 0 bridgehead atoms. The van der Waals surface area contributed by atoms with Gasteiger partial charge >= 0.3 is 0 Å². The van der Waals surface area contributed by atoms with Crippen LogP contribution in [0.2, 0.25) is 5.02 Å². The molecule has 0 aliphatic heterocycles. The Kier molecular flexibility index (Phi) is 5.29. The van der Waals surface area contributed by atoms with Gasteiger partial charge in [-0.3, -0.25) is 4.79 Å². The van der Waals surface area contributed by atoms with Crippen molar-refractivity contribution in [2.75, 3.05) is 0 Å². The van der Waals surface area contributed by atoms with Crippen LogP contribution in [0.4, 0.5) is 0 Å². The van der Waals surface area contributed by atoms with E-state index in [1.165, 1.54) is 0 Å². The van der Waals surface area contributed by atoms with Crippen LogP contribution in [-0.2, 0) is 11.2 Å². The summed E-state index contributed by atoms with van der Waals surface area (Å²) < 4.78 is 0. The molecule has 22 heavy (non-hydrogen) atoms. The minimum Gasteiger partial charge on any atom is -0.273 e. The second kappa shape index (κ2) is 7.39. The van der Waals surface area contributed by atoms with E-state index in [0.717, 1.165) is 11.1 Å². The van der Waals surface area contributed by atoms with Crippen molar-refractivity contribution in [1.82, 2.24) is 5.43 Å². The fraction of sp³-hybridized carbons (Fsp3) is 0.118. The normalized spacial score (nSPS) is 10.9. The molecule has 5 heteroatoms. The van der Waals surface area contributed by atoms with Gasteiger partial charge in [0.2, 0.25) is 5.91 Å². The van der Waals surface area contributed by atoms with Crippen molar-refractivity contribution < 1.29 is 4.79 Å². The Hall–Kier alpha value is -2.64. The third kappa shape index (κ3) is 4.44. The van der Waals surface area contributed by atoms with Gasteiger partial charge in [0.05, 0.1) is 23.8 Å². The lowest BCUT2D eigenvalue weighted by Gasteiger charge is -2.03. The first-order valence-electron chi connectivity index (χ1n) is 6.66. The molecular weight excluding hydrogens is 298 g/mol. The Balaban J connectivity index is 1.96. The van der Waals surface area contributed by atoms with Crippen LogP contribution in [0.3, 0.4) is 0 Å². The Morgan fingerprint density at radius 2 is 1.82 bits per heavy atom. The van der Waals surface area contributed by atoms with E-state index in [2.05, 4.69) is 16.6 Å². The molecule has 0 aliphatic carbocycles. The molecule has 1 N–H and O–H groups in total. The van der Waals surface area contributed by atoms with Gasteiger partial charge in [-0.25, -0.2) is 5.43 Å². The van der Waals surface area contributed by atoms with Crippen molar-refractivity contribution in [2.24, 2.45) is 5.10 Å². The van der Waals surface area contributed by atoms with Gasteiger partial charge in [0, 0.05) is 5.02 Å². The van der Waals surface area contributed by atoms with Gasteiger partial charge in [0.25, 0.3) is 0 Å². The zero-order valence-corrected chi connectivity index (χ0v) is 12.8. The molecule has 110 valence electrons. The van der Waals surface area contributed by atoms with Crippen LogP contribution in [-0.4, -0.2) is 11.6 Å². The van der Waals surface area contributed by atoms with Crippen LogP contribution in [0.1, 0.15) is 23.6 Å². The summed E-state index contributed by atoms with van der Waals surface area (Å²) in [5.74, 6) is -0.199. The van der Waals surface area contributed by atoms with Crippen LogP contribution in [0.15, 0.2) is 53.6 Å². The molecule has 0 spiro atoms. The number of hydrogen-bond acceptors (Lipinski definition) is 3. The lowest BCUT2D eigenvalue weighted by Crippen LogP contribution is -2.21. The van der Waals surface area contributed by atoms with Gasteiger partial charge in [0.15, 0.2) is 0 Å². The number of benzene rings is 2. The van der Waals surface area contributed by atoms with Crippen molar-refractivity contribution in [3.63, 3.8) is 0 Å². The highest BCUT2D eigenvalue weighted by Crippen LogP contribution is 2.10. The molecule has 1 amide bonds. The number of nitriles is 1. The summed E-state index contributed by atoms with van der Waals surface area (Å²) in [5, 5.41) is 13.5. The van der Waals surface area contributed by atoms with Crippen molar-refractivity contribution in [2.45, 2.75) is 13.3 Å². The second-order valence-electron chi connectivity index (χ2n) is 4.72. The summed E-state index contributed by atoms with van der Waals surface area (Å²) >= 11 is 5.80. The van der Waals surface area contributed by atoms with Gasteiger partial charge in [0.1, 0.15) is 0 Å². The predicted molar refractivity (Wildman–Crippen MR) is 86.7 cm³/mol. The van der Waals surface area contributed by atoms with E-state index >= 15 is 0 Å². The predicted octanol–water partition coefficient (Wildman–Crippen LogP) is 3.29. The van der Waals surface area contributed by atoms with Crippen LogP contribution in [0.25, 0.3) is 0 Å². The number of halogens is 1. The first kappa shape index (κ1) is 15.7. The topological polar surface area (TPSA) is 65.2 Å². The highest BCUT2D eigenvalue weighted by atomic mass is 35.5. The highest BCUT2D eigenvalue weighted by Gasteiger charge is 2.03. The number of hydrazone groups is 1. The molecule has 0 saturated heterocycles. The molecule has 0 fully saturated rings. The molecule has 0 saturated carbocycles. The van der Waals surface area contributed by atoms with Crippen molar-refractivity contribution in [3.8, 4) is 6.07 Å². The monoisotopic (exact) mass is 311 g/mol. The van der Waals surface area contributed by atoms with Gasteiger partial charge in [-0.15, -0.1) is 0 Å². The lowest BCUT2D eigenvalue weighted by atomic mass is 10.1. The standard InChI is InChI=1S/C17H14ClN3O/c1-12(15-6-2-14(11-19)3-7-15)20-21-17(22)10-13-4-8-16(18)9-5-13/h2-9H,10H2,1H3,(H,21,22)/b20-12+. The minimum atomic E-state index is -0.199. The quantitative estimate of drug-likeness (QED) is 0.695. The average Bonchev–Trinajstić information content (AvgIpc) is 2.55. The van der Waals surface area contributed by atoms with E-state index in [9.17, 15) is 4.79 Å². The van der Waals surface area contributed by atoms with Crippen LogP contribution in [0.5, 0.6) is 0 Å². The van der Waals surface area contributed by atoms with Gasteiger partial charge < -0.3 is 0 Å². The van der Waals surface area contributed by atoms with Gasteiger partial charge in [-0.1, -0.05) is 35.9 Å².